The highest BCUT2D eigenvalue weighted by molar-refractivity contribution is 5.94. The standard InChI is InChI=1S/C19H27N3O3/c1-19(18(24)25)9-6-12-22(14-19)17(23)15-7-8-16(20-13-15)21-10-4-2-3-5-11-21/h7-8,13H,2-6,9-12,14H2,1H3,(H,24,25). The number of carboxylic acids is 1. The van der Waals surface area contributed by atoms with E-state index in [1.165, 1.54) is 25.7 Å². The summed E-state index contributed by atoms with van der Waals surface area (Å²) >= 11 is 0. The molecule has 0 spiro atoms. The van der Waals surface area contributed by atoms with Crippen molar-refractivity contribution >= 4 is 17.7 Å². The van der Waals surface area contributed by atoms with Crippen LogP contribution in [0.5, 0.6) is 0 Å². The molecule has 2 fully saturated rings. The van der Waals surface area contributed by atoms with Crippen LogP contribution in [0.3, 0.4) is 0 Å². The predicted octanol–water partition coefficient (Wildman–Crippen LogP) is 2.79. The molecule has 1 amide bonds. The van der Waals surface area contributed by atoms with Gasteiger partial charge in [0.05, 0.1) is 11.0 Å². The Hall–Kier alpha value is -2.11. The summed E-state index contributed by atoms with van der Waals surface area (Å²) in [5.74, 6) is -0.0332. The van der Waals surface area contributed by atoms with Gasteiger partial charge in [-0.05, 0) is 44.7 Å². The molecule has 6 heteroatoms. The summed E-state index contributed by atoms with van der Waals surface area (Å²) < 4.78 is 0. The molecule has 1 unspecified atom stereocenters. The third-order valence-corrected chi connectivity index (χ3v) is 5.42. The van der Waals surface area contributed by atoms with Gasteiger partial charge in [-0.25, -0.2) is 4.98 Å². The maximum Gasteiger partial charge on any atom is 0.311 e. The Morgan fingerprint density at radius 1 is 1.08 bits per heavy atom. The number of hydrogen-bond acceptors (Lipinski definition) is 4. The molecular formula is C19H27N3O3. The Labute approximate surface area is 148 Å². The molecular weight excluding hydrogens is 318 g/mol. The average molecular weight is 345 g/mol. The molecule has 0 saturated carbocycles. The lowest BCUT2D eigenvalue weighted by Crippen LogP contribution is -2.48. The van der Waals surface area contributed by atoms with Crippen LogP contribution in [-0.2, 0) is 4.79 Å². The Bertz CT molecular complexity index is 623. The Kier molecular flexibility index (Phi) is 5.25. The average Bonchev–Trinajstić information content (AvgIpc) is 2.90. The zero-order chi connectivity index (χ0) is 17.9. The van der Waals surface area contributed by atoms with Crippen molar-refractivity contribution in [2.45, 2.75) is 45.4 Å². The summed E-state index contributed by atoms with van der Waals surface area (Å²) in [6.45, 7) is 4.62. The third kappa shape index (κ3) is 3.94. The molecule has 2 aliphatic heterocycles. The molecule has 0 radical (unpaired) electrons. The summed E-state index contributed by atoms with van der Waals surface area (Å²) in [5.41, 5.74) is -0.318. The number of piperidine rings is 1. The minimum absolute atomic E-state index is 0.123. The zero-order valence-electron chi connectivity index (χ0n) is 14.9. The normalized spacial score (nSPS) is 24.7. The summed E-state index contributed by atoms with van der Waals surface area (Å²) in [6.07, 6.45) is 7.87. The first-order valence-corrected chi connectivity index (χ1v) is 9.23. The number of carboxylic acid groups (broad SMARTS) is 1. The third-order valence-electron chi connectivity index (χ3n) is 5.42. The maximum atomic E-state index is 12.7. The van der Waals surface area contributed by atoms with Crippen molar-refractivity contribution in [3.05, 3.63) is 23.9 Å². The van der Waals surface area contributed by atoms with Gasteiger partial charge in [0, 0.05) is 32.4 Å². The summed E-state index contributed by atoms with van der Waals surface area (Å²) in [5, 5.41) is 9.42. The van der Waals surface area contributed by atoms with Crippen molar-refractivity contribution in [1.29, 1.82) is 0 Å². The van der Waals surface area contributed by atoms with E-state index >= 15 is 0 Å². The highest BCUT2D eigenvalue weighted by atomic mass is 16.4. The summed E-state index contributed by atoms with van der Waals surface area (Å²) in [6, 6.07) is 3.74. The van der Waals surface area contributed by atoms with Crippen LogP contribution in [0.15, 0.2) is 18.3 Å². The number of anilines is 1. The Balaban J connectivity index is 1.69. The molecule has 1 atom stereocenters. The first-order valence-electron chi connectivity index (χ1n) is 9.23. The first-order chi connectivity index (χ1) is 12.0. The number of hydrogen-bond donors (Lipinski definition) is 1. The quantitative estimate of drug-likeness (QED) is 0.912. The van der Waals surface area contributed by atoms with Gasteiger partial charge in [0.1, 0.15) is 5.82 Å². The highest BCUT2D eigenvalue weighted by Gasteiger charge is 2.39. The van der Waals surface area contributed by atoms with Gasteiger partial charge in [-0.15, -0.1) is 0 Å². The van der Waals surface area contributed by atoms with E-state index in [-0.39, 0.29) is 12.5 Å². The topological polar surface area (TPSA) is 73.7 Å². The molecule has 2 aliphatic rings. The second-order valence-electron chi connectivity index (χ2n) is 7.50. The van der Waals surface area contributed by atoms with Crippen LogP contribution in [0.1, 0.15) is 55.8 Å². The number of pyridine rings is 1. The largest absolute Gasteiger partial charge is 0.481 e. The number of aliphatic carboxylic acids is 1. The fourth-order valence-electron chi connectivity index (χ4n) is 3.77. The van der Waals surface area contributed by atoms with Gasteiger partial charge < -0.3 is 14.9 Å². The van der Waals surface area contributed by atoms with Crippen LogP contribution >= 0.6 is 0 Å². The second kappa shape index (κ2) is 7.42. The first kappa shape index (κ1) is 17.7. The predicted molar refractivity (Wildman–Crippen MR) is 95.8 cm³/mol. The molecule has 2 saturated heterocycles. The molecule has 25 heavy (non-hydrogen) atoms. The van der Waals surface area contributed by atoms with Gasteiger partial charge in [0.2, 0.25) is 0 Å². The molecule has 6 nitrogen and oxygen atoms in total. The molecule has 0 aliphatic carbocycles. The molecule has 0 aromatic carbocycles. The van der Waals surface area contributed by atoms with Crippen molar-refractivity contribution in [3.63, 3.8) is 0 Å². The number of carbonyl (C=O) groups excluding carboxylic acids is 1. The van der Waals surface area contributed by atoms with Crippen molar-refractivity contribution < 1.29 is 14.7 Å². The van der Waals surface area contributed by atoms with Crippen molar-refractivity contribution in [2.75, 3.05) is 31.1 Å². The van der Waals surface area contributed by atoms with E-state index in [4.69, 9.17) is 0 Å². The van der Waals surface area contributed by atoms with Crippen LogP contribution < -0.4 is 4.90 Å². The Morgan fingerprint density at radius 3 is 2.40 bits per heavy atom. The van der Waals surface area contributed by atoms with Crippen LogP contribution in [-0.4, -0.2) is 53.0 Å². The lowest BCUT2D eigenvalue weighted by molar-refractivity contribution is -0.150. The van der Waals surface area contributed by atoms with Crippen LogP contribution in [0, 0.1) is 5.41 Å². The zero-order valence-corrected chi connectivity index (χ0v) is 14.9. The fraction of sp³-hybridized carbons (Fsp3) is 0.632. The number of rotatable bonds is 3. The van der Waals surface area contributed by atoms with Crippen molar-refractivity contribution in [2.24, 2.45) is 5.41 Å². The van der Waals surface area contributed by atoms with Gasteiger partial charge >= 0.3 is 5.97 Å². The number of aromatic nitrogens is 1. The number of amides is 1. The molecule has 3 heterocycles. The van der Waals surface area contributed by atoms with E-state index in [1.807, 2.05) is 12.1 Å². The van der Waals surface area contributed by atoms with Crippen LogP contribution in [0.25, 0.3) is 0 Å². The maximum absolute atomic E-state index is 12.7. The van der Waals surface area contributed by atoms with E-state index in [2.05, 4.69) is 9.88 Å². The smallest absolute Gasteiger partial charge is 0.311 e. The summed E-state index contributed by atoms with van der Waals surface area (Å²) in [4.78, 5) is 32.6. The van der Waals surface area contributed by atoms with E-state index in [9.17, 15) is 14.7 Å². The van der Waals surface area contributed by atoms with Gasteiger partial charge in [0.15, 0.2) is 0 Å². The number of likely N-dealkylation sites (tertiary alicyclic amines) is 1. The molecule has 0 bridgehead atoms. The highest BCUT2D eigenvalue weighted by Crippen LogP contribution is 2.30. The lowest BCUT2D eigenvalue weighted by Gasteiger charge is -2.37. The minimum atomic E-state index is -0.854. The number of carbonyl (C=O) groups is 2. The van der Waals surface area contributed by atoms with E-state index < -0.39 is 11.4 Å². The molecule has 1 aromatic rings. The van der Waals surface area contributed by atoms with Crippen LogP contribution in [0.4, 0.5) is 5.82 Å². The van der Waals surface area contributed by atoms with Crippen molar-refractivity contribution in [3.8, 4) is 0 Å². The summed E-state index contributed by atoms with van der Waals surface area (Å²) in [7, 11) is 0. The monoisotopic (exact) mass is 345 g/mol. The van der Waals surface area contributed by atoms with Gasteiger partial charge in [0.25, 0.3) is 5.91 Å². The van der Waals surface area contributed by atoms with Crippen molar-refractivity contribution in [1.82, 2.24) is 9.88 Å². The van der Waals surface area contributed by atoms with E-state index in [0.29, 0.717) is 24.9 Å². The van der Waals surface area contributed by atoms with Crippen LogP contribution in [0.2, 0.25) is 0 Å². The minimum Gasteiger partial charge on any atom is -0.481 e. The van der Waals surface area contributed by atoms with Gasteiger partial charge in [-0.2, -0.15) is 0 Å². The number of nitrogens with zero attached hydrogens (tertiary/aromatic N) is 3. The fourth-order valence-corrected chi connectivity index (χ4v) is 3.77. The molecule has 3 rings (SSSR count). The lowest BCUT2D eigenvalue weighted by atomic mass is 9.82. The van der Waals surface area contributed by atoms with Gasteiger partial charge in [-0.1, -0.05) is 12.8 Å². The Morgan fingerprint density at radius 2 is 1.80 bits per heavy atom. The van der Waals surface area contributed by atoms with E-state index in [1.54, 1.807) is 18.0 Å². The molecule has 1 N–H and O–H groups in total. The van der Waals surface area contributed by atoms with Gasteiger partial charge in [-0.3, -0.25) is 9.59 Å². The molecule has 136 valence electrons. The molecule has 1 aromatic heterocycles. The SMILES string of the molecule is CC1(C(=O)O)CCCN(C(=O)c2ccc(N3CCCCCC3)nc2)C1. The second-order valence-corrected chi connectivity index (χ2v) is 7.50. The van der Waals surface area contributed by atoms with E-state index in [0.717, 1.165) is 18.9 Å².